The molecule has 170 valence electrons. The molecule has 0 aliphatic carbocycles. The van der Waals surface area contributed by atoms with Crippen LogP contribution in [0.2, 0.25) is 0 Å². The summed E-state index contributed by atoms with van der Waals surface area (Å²) in [5.74, 6) is -2.03. The van der Waals surface area contributed by atoms with Crippen LogP contribution in [0.1, 0.15) is 17.9 Å². The standard InChI is InChI=1S/C19H17F3N4O4S2/c20-14-10-12(17-23-24-18(30-17)16(21)22)3-4-13(14)11-26(15-2-1-7-31-15)19(27)25-5-8-32(28,29)9-6-25/h1-4,7,10,16H,5-6,8-9,11H2. The topological polar surface area (TPSA) is 96.6 Å². The molecule has 0 unspecified atom stereocenters. The summed E-state index contributed by atoms with van der Waals surface area (Å²) in [5.41, 5.74) is 0.301. The molecule has 2 aromatic heterocycles. The van der Waals surface area contributed by atoms with Crippen LogP contribution >= 0.6 is 11.3 Å². The molecular formula is C19H17F3N4O4S2. The minimum absolute atomic E-state index is 0.0636. The van der Waals surface area contributed by atoms with Crippen LogP contribution in [0.4, 0.5) is 23.0 Å². The monoisotopic (exact) mass is 486 g/mol. The summed E-state index contributed by atoms with van der Waals surface area (Å²) >= 11 is 1.29. The van der Waals surface area contributed by atoms with Gasteiger partial charge in [0.15, 0.2) is 9.84 Å². The third-order valence-electron chi connectivity index (χ3n) is 4.87. The van der Waals surface area contributed by atoms with Gasteiger partial charge < -0.3 is 9.32 Å². The summed E-state index contributed by atoms with van der Waals surface area (Å²) in [4.78, 5) is 15.9. The molecule has 3 aromatic rings. The molecule has 0 saturated carbocycles. The maximum Gasteiger partial charge on any atom is 0.325 e. The van der Waals surface area contributed by atoms with Gasteiger partial charge in [-0.15, -0.1) is 21.5 Å². The van der Waals surface area contributed by atoms with Gasteiger partial charge >= 0.3 is 12.5 Å². The fraction of sp³-hybridized carbons (Fsp3) is 0.316. The van der Waals surface area contributed by atoms with Gasteiger partial charge in [0.05, 0.1) is 23.1 Å². The van der Waals surface area contributed by atoms with Gasteiger partial charge in [0.1, 0.15) is 5.82 Å². The van der Waals surface area contributed by atoms with Gasteiger partial charge in [0.2, 0.25) is 5.89 Å². The van der Waals surface area contributed by atoms with Crippen molar-refractivity contribution in [3.63, 3.8) is 0 Å². The lowest BCUT2D eigenvalue weighted by atomic mass is 10.1. The number of anilines is 1. The zero-order valence-corrected chi connectivity index (χ0v) is 18.1. The molecule has 1 aromatic carbocycles. The Labute approximate surface area is 185 Å². The van der Waals surface area contributed by atoms with E-state index in [0.29, 0.717) is 5.00 Å². The Bertz CT molecular complexity index is 1200. The summed E-state index contributed by atoms with van der Waals surface area (Å²) in [7, 11) is -3.17. The van der Waals surface area contributed by atoms with E-state index in [1.165, 1.54) is 33.3 Å². The highest BCUT2D eigenvalue weighted by atomic mass is 32.2. The Morgan fingerprint density at radius 3 is 2.56 bits per heavy atom. The van der Waals surface area contributed by atoms with Crippen molar-refractivity contribution in [1.29, 1.82) is 0 Å². The normalized spacial score (nSPS) is 15.8. The van der Waals surface area contributed by atoms with E-state index in [4.69, 9.17) is 4.42 Å². The van der Waals surface area contributed by atoms with E-state index in [2.05, 4.69) is 10.2 Å². The Hall–Kier alpha value is -2.93. The highest BCUT2D eigenvalue weighted by Crippen LogP contribution is 2.28. The van der Waals surface area contributed by atoms with E-state index in [1.54, 1.807) is 17.5 Å². The highest BCUT2D eigenvalue weighted by Gasteiger charge is 2.30. The van der Waals surface area contributed by atoms with Crippen molar-refractivity contribution in [1.82, 2.24) is 15.1 Å². The number of carbonyl (C=O) groups is 1. The lowest BCUT2D eigenvalue weighted by molar-refractivity contribution is 0.116. The molecule has 1 aliphatic rings. The van der Waals surface area contributed by atoms with Gasteiger partial charge in [0.25, 0.3) is 5.89 Å². The Balaban J connectivity index is 1.56. The zero-order chi connectivity index (χ0) is 22.9. The van der Waals surface area contributed by atoms with Crippen LogP contribution in [-0.4, -0.2) is 54.1 Å². The lowest BCUT2D eigenvalue weighted by Gasteiger charge is -2.32. The molecule has 2 amide bonds. The summed E-state index contributed by atoms with van der Waals surface area (Å²) < 4.78 is 68.3. The van der Waals surface area contributed by atoms with Gasteiger partial charge in [-0.05, 0) is 29.6 Å². The average molecular weight is 486 g/mol. The lowest BCUT2D eigenvalue weighted by Crippen LogP contribution is -2.49. The fourth-order valence-corrected chi connectivity index (χ4v) is 5.08. The van der Waals surface area contributed by atoms with Crippen LogP contribution in [0, 0.1) is 5.82 Å². The number of carbonyl (C=O) groups excluding carboxylic acids is 1. The third kappa shape index (κ3) is 4.78. The van der Waals surface area contributed by atoms with Gasteiger partial charge in [-0.1, -0.05) is 6.07 Å². The molecule has 1 saturated heterocycles. The number of amides is 2. The van der Waals surface area contributed by atoms with Crippen molar-refractivity contribution in [3.8, 4) is 11.5 Å². The molecule has 0 bridgehead atoms. The number of hydrogen-bond acceptors (Lipinski definition) is 7. The van der Waals surface area contributed by atoms with E-state index in [0.717, 1.165) is 6.07 Å². The molecule has 1 fully saturated rings. The molecule has 0 N–H and O–H groups in total. The summed E-state index contributed by atoms with van der Waals surface area (Å²) in [6.45, 7) is 0.0169. The van der Waals surface area contributed by atoms with Crippen LogP contribution in [0.3, 0.4) is 0 Å². The Morgan fingerprint density at radius 1 is 1.22 bits per heavy atom. The van der Waals surface area contributed by atoms with Gasteiger partial charge in [-0.3, -0.25) is 4.90 Å². The SMILES string of the molecule is O=C(N1CCS(=O)(=O)CC1)N(Cc1ccc(-c2nnc(C(F)F)o2)cc1F)c1cccs1. The summed E-state index contributed by atoms with van der Waals surface area (Å²) in [5, 5.41) is 9.07. The van der Waals surface area contributed by atoms with Gasteiger partial charge in [0, 0.05) is 24.2 Å². The maximum absolute atomic E-state index is 14.8. The van der Waals surface area contributed by atoms with E-state index < -0.39 is 34.0 Å². The summed E-state index contributed by atoms with van der Waals surface area (Å²) in [6.07, 6.45) is -2.93. The van der Waals surface area contributed by atoms with Crippen LogP contribution in [0.25, 0.3) is 11.5 Å². The van der Waals surface area contributed by atoms with Gasteiger partial charge in [-0.2, -0.15) is 8.78 Å². The minimum atomic E-state index is -3.17. The first kappa shape index (κ1) is 22.3. The van der Waals surface area contributed by atoms with Crippen LogP contribution in [-0.2, 0) is 16.4 Å². The second kappa shape index (κ2) is 8.90. The molecule has 0 spiro atoms. The molecule has 13 heteroatoms. The van der Waals surface area contributed by atoms with Gasteiger partial charge in [-0.25, -0.2) is 17.6 Å². The molecule has 0 atom stereocenters. The Kier molecular flexibility index (Phi) is 6.20. The number of sulfone groups is 1. The van der Waals surface area contributed by atoms with Crippen molar-refractivity contribution in [2.45, 2.75) is 13.0 Å². The van der Waals surface area contributed by atoms with E-state index in [1.807, 2.05) is 0 Å². The molecular weight excluding hydrogens is 469 g/mol. The first-order valence-electron chi connectivity index (χ1n) is 9.44. The number of rotatable bonds is 5. The number of alkyl halides is 2. The summed E-state index contributed by atoms with van der Waals surface area (Å²) in [6, 6.07) is 6.94. The number of benzene rings is 1. The molecule has 3 heterocycles. The second-order valence-electron chi connectivity index (χ2n) is 7.01. The van der Waals surface area contributed by atoms with Crippen molar-refractivity contribution < 1.29 is 30.8 Å². The van der Waals surface area contributed by atoms with Crippen LogP contribution in [0.15, 0.2) is 40.1 Å². The number of urea groups is 1. The predicted octanol–water partition coefficient (Wildman–Crippen LogP) is 3.73. The quantitative estimate of drug-likeness (QED) is 0.545. The van der Waals surface area contributed by atoms with Crippen molar-refractivity contribution >= 4 is 32.2 Å². The van der Waals surface area contributed by atoms with Crippen molar-refractivity contribution in [3.05, 3.63) is 53.0 Å². The predicted molar refractivity (Wildman–Crippen MR) is 111 cm³/mol. The smallest absolute Gasteiger partial charge is 0.325 e. The molecule has 32 heavy (non-hydrogen) atoms. The molecule has 1 aliphatic heterocycles. The van der Waals surface area contributed by atoms with E-state index >= 15 is 0 Å². The number of hydrogen-bond donors (Lipinski definition) is 0. The van der Waals surface area contributed by atoms with E-state index in [9.17, 15) is 26.4 Å². The number of thiophene rings is 1. The first-order valence-corrected chi connectivity index (χ1v) is 12.1. The molecule has 4 rings (SSSR count). The zero-order valence-electron chi connectivity index (χ0n) is 16.4. The Morgan fingerprint density at radius 2 is 1.97 bits per heavy atom. The number of aromatic nitrogens is 2. The van der Waals surface area contributed by atoms with Crippen LogP contribution in [0.5, 0.6) is 0 Å². The third-order valence-corrected chi connectivity index (χ3v) is 7.37. The van der Waals surface area contributed by atoms with Crippen molar-refractivity contribution in [2.24, 2.45) is 0 Å². The second-order valence-corrected chi connectivity index (χ2v) is 10.2. The number of nitrogens with zero attached hydrogens (tertiary/aromatic N) is 4. The van der Waals surface area contributed by atoms with Crippen molar-refractivity contribution in [2.75, 3.05) is 29.5 Å². The van der Waals surface area contributed by atoms with E-state index in [-0.39, 0.29) is 48.2 Å². The molecule has 8 nitrogen and oxygen atoms in total. The van der Waals surface area contributed by atoms with Crippen LogP contribution < -0.4 is 4.90 Å². The highest BCUT2D eigenvalue weighted by molar-refractivity contribution is 7.91. The minimum Gasteiger partial charge on any atom is -0.415 e. The maximum atomic E-state index is 14.8. The first-order chi connectivity index (χ1) is 15.2. The largest absolute Gasteiger partial charge is 0.415 e. The fourth-order valence-electron chi connectivity index (χ4n) is 3.16. The number of halogens is 3. The average Bonchev–Trinajstić information content (AvgIpc) is 3.45. The molecule has 0 radical (unpaired) electrons.